The maximum absolute atomic E-state index is 12.0. The highest BCUT2D eigenvalue weighted by atomic mass is 35.5. The average Bonchev–Trinajstić information content (AvgIpc) is 2.95. The van der Waals surface area contributed by atoms with Crippen molar-refractivity contribution in [3.8, 4) is 5.75 Å². The van der Waals surface area contributed by atoms with Crippen LogP contribution in [-0.2, 0) is 16.1 Å². The van der Waals surface area contributed by atoms with Crippen LogP contribution in [0.3, 0.4) is 0 Å². The average molecular weight is 519 g/mol. The van der Waals surface area contributed by atoms with Gasteiger partial charge < -0.3 is 19.5 Å². The summed E-state index contributed by atoms with van der Waals surface area (Å²) in [6.45, 7) is 2.86. The topological polar surface area (TPSA) is 69.7 Å². The second-order valence-electron chi connectivity index (χ2n) is 8.93. The van der Waals surface area contributed by atoms with Gasteiger partial charge in [-0.05, 0) is 65.2 Å². The van der Waals surface area contributed by atoms with Crippen molar-refractivity contribution in [1.82, 2.24) is 10.3 Å². The van der Waals surface area contributed by atoms with Crippen molar-refractivity contribution in [3.05, 3.63) is 108 Å². The highest BCUT2D eigenvalue weighted by Crippen LogP contribution is 2.30. The number of hydrogen-bond donors (Lipinski definition) is 1. The molecule has 2 unspecified atom stereocenters. The van der Waals surface area contributed by atoms with Crippen molar-refractivity contribution in [1.29, 1.82) is 0 Å². The molecular weight excluding hydrogens is 488 g/mol. The number of nitrogens with one attached hydrogen (secondary N) is 1. The normalized spacial score (nSPS) is 17.1. The first-order valence-corrected chi connectivity index (χ1v) is 12.4. The van der Waals surface area contributed by atoms with Gasteiger partial charge in [-0.3, -0.25) is 4.98 Å². The SMILES string of the molecule is Cl.O=C(OCCOc1ccc(C2CCNCC2OCc2ccc3ccccc3c2)cc1)c1cccnc1. The standard InChI is InChI=1S/C30H30N2O4.ClH/c33-30(26-6-3-14-31-19-26)35-17-16-34-27-11-9-24(10-12-27)28-13-15-32-20-29(28)36-21-22-7-8-23-4-1-2-5-25(23)18-22;/h1-12,14,18-19,28-29,32H,13,15-17,20-21H2;1H. The molecule has 192 valence electrons. The number of aromatic nitrogens is 1. The van der Waals surface area contributed by atoms with Crippen LogP contribution < -0.4 is 10.1 Å². The number of hydrogen-bond acceptors (Lipinski definition) is 6. The fourth-order valence-corrected chi connectivity index (χ4v) is 4.59. The number of nitrogens with zero attached hydrogens (tertiary/aromatic N) is 1. The van der Waals surface area contributed by atoms with Crippen LogP contribution in [0.2, 0.25) is 0 Å². The molecule has 0 saturated carbocycles. The molecule has 2 heterocycles. The summed E-state index contributed by atoms with van der Waals surface area (Å²) in [5, 5.41) is 5.95. The Hall–Kier alpha value is -3.45. The molecule has 1 aliphatic rings. The lowest BCUT2D eigenvalue weighted by atomic mass is 9.87. The van der Waals surface area contributed by atoms with E-state index in [-0.39, 0.29) is 31.7 Å². The van der Waals surface area contributed by atoms with Crippen molar-refractivity contribution in [3.63, 3.8) is 0 Å². The van der Waals surface area contributed by atoms with E-state index in [2.05, 4.69) is 64.9 Å². The summed E-state index contributed by atoms with van der Waals surface area (Å²) in [4.78, 5) is 15.9. The van der Waals surface area contributed by atoms with Crippen molar-refractivity contribution < 1.29 is 19.0 Å². The number of pyridine rings is 1. The Morgan fingerprint density at radius 2 is 1.78 bits per heavy atom. The number of ether oxygens (including phenoxy) is 3. The van der Waals surface area contributed by atoms with Gasteiger partial charge >= 0.3 is 5.97 Å². The molecule has 1 saturated heterocycles. The summed E-state index contributed by atoms with van der Waals surface area (Å²) in [5.41, 5.74) is 2.86. The fourth-order valence-electron chi connectivity index (χ4n) is 4.59. The molecule has 1 aliphatic heterocycles. The van der Waals surface area contributed by atoms with Crippen molar-refractivity contribution in [2.24, 2.45) is 0 Å². The monoisotopic (exact) mass is 518 g/mol. The van der Waals surface area contributed by atoms with E-state index < -0.39 is 5.97 Å². The molecule has 0 spiro atoms. The van der Waals surface area contributed by atoms with E-state index in [4.69, 9.17) is 14.2 Å². The molecule has 1 N–H and O–H groups in total. The Balaban J connectivity index is 0.00000320. The van der Waals surface area contributed by atoms with Crippen LogP contribution in [0.15, 0.2) is 91.3 Å². The maximum atomic E-state index is 12.0. The van der Waals surface area contributed by atoms with Crippen LogP contribution in [0.5, 0.6) is 5.75 Å². The number of halogens is 1. The zero-order valence-corrected chi connectivity index (χ0v) is 21.4. The van der Waals surface area contributed by atoms with Crippen LogP contribution in [-0.4, -0.2) is 43.4 Å². The van der Waals surface area contributed by atoms with Crippen LogP contribution in [0, 0.1) is 0 Å². The molecule has 0 aliphatic carbocycles. The minimum Gasteiger partial charge on any atom is -0.490 e. The number of fused-ring (bicyclic) bond motifs is 1. The summed E-state index contributed by atoms with van der Waals surface area (Å²) in [7, 11) is 0. The van der Waals surface area contributed by atoms with E-state index in [1.165, 1.54) is 28.1 Å². The summed E-state index contributed by atoms with van der Waals surface area (Å²) >= 11 is 0. The second-order valence-corrected chi connectivity index (χ2v) is 8.93. The van der Waals surface area contributed by atoms with Gasteiger partial charge in [0.2, 0.25) is 0 Å². The van der Waals surface area contributed by atoms with Gasteiger partial charge in [0.1, 0.15) is 19.0 Å². The molecule has 6 nitrogen and oxygen atoms in total. The molecule has 1 fully saturated rings. The number of rotatable bonds is 9. The smallest absolute Gasteiger partial charge is 0.339 e. The van der Waals surface area contributed by atoms with Gasteiger partial charge in [-0.1, -0.05) is 48.5 Å². The summed E-state index contributed by atoms with van der Waals surface area (Å²) in [6, 6.07) is 26.5. The van der Waals surface area contributed by atoms with E-state index >= 15 is 0 Å². The molecule has 5 rings (SSSR count). The first-order valence-electron chi connectivity index (χ1n) is 12.4. The summed E-state index contributed by atoms with van der Waals surface area (Å²) in [6.07, 6.45) is 4.23. The van der Waals surface area contributed by atoms with Gasteiger partial charge in [0, 0.05) is 24.9 Å². The molecule has 1 aromatic heterocycles. The lowest BCUT2D eigenvalue weighted by molar-refractivity contribution is 0.0106. The van der Waals surface area contributed by atoms with Crippen LogP contribution in [0.1, 0.15) is 33.8 Å². The van der Waals surface area contributed by atoms with E-state index in [0.29, 0.717) is 18.1 Å². The minimum absolute atomic E-state index is 0. The molecule has 3 aromatic carbocycles. The molecule has 7 heteroatoms. The molecule has 0 radical (unpaired) electrons. The largest absolute Gasteiger partial charge is 0.490 e. The van der Waals surface area contributed by atoms with E-state index in [1.807, 2.05) is 12.1 Å². The molecular formula is C30H31ClN2O4. The van der Waals surface area contributed by atoms with Crippen LogP contribution in [0.4, 0.5) is 0 Å². The fraction of sp³-hybridized carbons (Fsp3) is 0.267. The highest BCUT2D eigenvalue weighted by Gasteiger charge is 2.27. The van der Waals surface area contributed by atoms with Crippen molar-refractivity contribution >= 4 is 29.1 Å². The Morgan fingerprint density at radius 1 is 0.946 bits per heavy atom. The Labute approximate surface area is 223 Å². The van der Waals surface area contributed by atoms with Gasteiger partial charge in [-0.2, -0.15) is 0 Å². The second kappa shape index (κ2) is 13.2. The quantitative estimate of drug-likeness (QED) is 0.231. The number of piperidine rings is 1. The molecule has 4 aromatic rings. The molecule has 0 amide bonds. The summed E-state index contributed by atoms with van der Waals surface area (Å²) in [5.74, 6) is 0.669. The number of carbonyl (C=O) groups is 1. The predicted molar refractivity (Wildman–Crippen MR) is 146 cm³/mol. The summed E-state index contributed by atoms with van der Waals surface area (Å²) < 4.78 is 17.4. The van der Waals surface area contributed by atoms with Crippen LogP contribution in [0.25, 0.3) is 10.8 Å². The van der Waals surface area contributed by atoms with E-state index in [0.717, 1.165) is 25.3 Å². The van der Waals surface area contributed by atoms with Gasteiger partial charge in [0.25, 0.3) is 0 Å². The Bertz CT molecular complexity index is 1280. The molecule has 0 bridgehead atoms. The predicted octanol–water partition coefficient (Wildman–Crippen LogP) is 5.55. The third-order valence-electron chi connectivity index (χ3n) is 6.50. The maximum Gasteiger partial charge on any atom is 0.339 e. The zero-order valence-electron chi connectivity index (χ0n) is 20.5. The van der Waals surface area contributed by atoms with Gasteiger partial charge in [-0.15, -0.1) is 12.4 Å². The zero-order chi connectivity index (χ0) is 24.6. The third-order valence-corrected chi connectivity index (χ3v) is 6.50. The highest BCUT2D eigenvalue weighted by molar-refractivity contribution is 5.88. The first-order chi connectivity index (χ1) is 17.8. The van der Waals surface area contributed by atoms with Gasteiger partial charge in [0.05, 0.1) is 18.3 Å². The van der Waals surface area contributed by atoms with Gasteiger partial charge in [-0.25, -0.2) is 4.79 Å². The minimum atomic E-state index is -0.400. The Kier molecular flexibility index (Phi) is 9.49. The van der Waals surface area contributed by atoms with Crippen molar-refractivity contribution in [2.75, 3.05) is 26.3 Å². The third kappa shape index (κ3) is 7.07. The first kappa shape index (κ1) is 26.6. The number of carbonyl (C=O) groups excluding carboxylic acids is 1. The van der Waals surface area contributed by atoms with E-state index in [9.17, 15) is 4.79 Å². The van der Waals surface area contributed by atoms with E-state index in [1.54, 1.807) is 18.3 Å². The number of esters is 1. The van der Waals surface area contributed by atoms with Gasteiger partial charge in [0.15, 0.2) is 0 Å². The molecule has 37 heavy (non-hydrogen) atoms. The molecule has 2 atom stereocenters. The lowest BCUT2D eigenvalue weighted by Crippen LogP contribution is -2.40. The van der Waals surface area contributed by atoms with Crippen LogP contribution >= 0.6 is 12.4 Å². The Morgan fingerprint density at radius 3 is 2.59 bits per heavy atom. The van der Waals surface area contributed by atoms with Crippen molar-refractivity contribution in [2.45, 2.75) is 25.0 Å². The lowest BCUT2D eigenvalue weighted by Gasteiger charge is -2.32. The number of benzene rings is 3.